The number of urea groups is 1. The number of likely N-dealkylation sites (tertiary alicyclic amines) is 1. The second kappa shape index (κ2) is 14.5. The van der Waals surface area contributed by atoms with E-state index in [0.29, 0.717) is 12.8 Å². The Morgan fingerprint density at radius 2 is 1.70 bits per heavy atom. The van der Waals surface area contributed by atoms with E-state index >= 15 is 0 Å². The van der Waals surface area contributed by atoms with Gasteiger partial charge in [0.1, 0.15) is 24.7 Å². The molecule has 0 aromatic heterocycles. The molecule has 2 aliphatic rings. The van der Waals surface area contributed by atoms with Gasteiger partial charge in [0.05, 0.1) is 6.04 Å². The highest BCUT2D eigenvalue weighted by Gasteiger charge is 2.45. The van der Waals surface area contributed by atoms with E-state index in [2.05, 4.69) is 16.0 Å². The fraction of sp³-hybridized carbons (Fsp3) is 0.613. The van der Waals surface area contributed by atoms with E-state index < -0.39 is 71.7 Å². The maximum atomic E-state index is 13.9. The lowest BCUT2D eigenvalue weighted by Crippen LogP contribution is -2.60. The number of rotatable bonds is 12. The molecule has 12 heteroatoms. The van der Waals surface area contributed by atoms with Crippen LogP contribution < -0.4 is 21.7 Å². The van der Waals surface area contributed by atoms with Crippen LogP contribution in [0, 0.1) is 17.3 Å². The van der Waals surface area contributed by atoms with Crippen molar-refractivity contribution in [1.82, 2.24) is 20.9 Å². The molecular formula is C31H45N5O7. The molecule has 1 aromatic rings. The number of carbonyl (C=O) groups excluding carboxylic acids is 6. The number of amides is 5. The van der Waals surface area contributed by atoms with Crippen LogP contribution in [0.25, 0.3) is 0 Å². The van der Waals surface area contributed by atoms with Gasteiger partial charge in [-0.05, 0) is 42.6 Å². The number of nitrogens with one attached hydrogen (secondary N) is 3. The summed E-state index contributed by atoms with van der Waals surface area (Å²) >= 11 is 0. The Balaban J connectivity index is 1.64. The van der Waals surface area contributed by atoms with Crippen LogP contribution in [0.5, 0.6) is 0 Å². The van der Waals surface area contributed by atoms with Crippen LogP contribution in [0.15, 0.2) is 30.3 Å². The summed E-state index contributed by atoms with van der Waals surface area (Å²) in [6.45, 7) is 8.83. The van der Waals surface area contributed by atoms with Crippen molar-refractivity contribution in [1.29, 1.82) is 0 Å². The van der Waals surface area contributed by atoms with Crippen LogP contribution in [0.2, 0.25) is 0 Å². The van der Waals surface area contributed by atoms with E-state index in [-0.39, 0.29) is 18.4 Å². The third-order valence-electron chi connectivity index (χ3n) is 8.12. The minimum absolute atomic E-state index is 0.0209. The molecule has 0 spiro atoms. The van der Waals surface area contributed by atoms with Crippen LogP contribution in [0.4, 0.5) is 4.79 Å². The maximum Gasteiger partial charge on any atom is 0.326 e. The van der Waals surface area contributed by atoms with Crippen molar-refractivity contribution in [2.75, 3.05) is 13.1 Å². The number of hydrogen-bond donors (Lipinski definition) is 4. The summed E-state index contributed by atoms with van der Waals surface area (Å²) in [5.41, 5.74) is 5.31. The molecule has 1 saturated carbocycles. The number of Topliss-reactive ketones (excluding diaryl/α,β-unsaturated/α-hetero) is 1. The number of nitrogens with zero attached hydrogens (tertiary/aromatic N) is 1. The van der Waals surface area contributed by atoms with Gasteiger partial charge in [0, 0.05) is 6.54 Å². The van der Waals surface area contributed by atoms with Gasteiger partial charge in [0.2, 0.25) is 17.6 Å². The first-order valence-corrected chi connectivity index (χ1v) is 14.9. The Kier molecular flexibility index (Phi) is 11.3. The summed E-state index contributed by atoms with van der Waals surface area (Å²) in [6, 6.07) is 5.46. The van der Waals surface area contributed by atoms with Gasteiger partial charge < -0.3 is 31.3 Å². The summed E-state index contributed by atoms with van der Waals surface area (Å²) in [5, 5.41) is 7.81. The zero-order chi connectivity index (χ0) is 31.9. The van der Waals surface area contributed by atoms with Crippen LogP contribution in [0.3, 0.4) is 0 Å². The highest BCUT2D eigenvalue weighted by molar-refractivity contribution is 6.37. The smallest absolute Gasteiger partial charge is 0.326 e. The second-order valence-electron chi connectivity index (χ2n) is 12.8. The lowest BCUT2D eigenvalue weighted by Gasteiger charge is -2.36. The van der Waals surface area contributed by atoms with Crippen molar-refractivity contribution in [3.8, 4) is 0 Å². The fourth-order valence-electron chi connectivity index (χ4n) is 5.45. The first kappa shape index (κ1) is 33.5. The zero-order valence-electron chi connectivity index (χ0n) is 25.7. The molecule has 0 radical (unpaired) electrons. The van der Waals surface area contributed by atoms with Crippen molar-refractivity contribution >= 4 is 35.5 Å². The number of esters is 1. The van der Waals surface area contributed by atoms with E-state index in [1.807, 2.05) is 37.3 Å². The summed E-state index contributed by atoms with van der Waals surface area (Å²) in [7, 11) is 0. The highest BCUT2D eigenvalue weighted by Crippen LogP contribution is 2.32. The SMILES string of the molecule is CC(OC(=O)CNC(=O)NC(C(=O)N1C[C@H](C)CC1C(=O)NC(CC1CCC1)C(=O)C(N)=O)C(C)(C)C)c1ccccc1. The van der Waals surface area contributed by atoms with Gasteiger partial charge in [-0.3, -0.25) is 24.0 Å². The minimum atomic E-state index is -1.11. The standard InChI is InChI=1S/C31H45N5O7/c1-18-14-23(28(40)34-22(25(38)27(32)39)15-20-10-9-11-20)36(17-18)29(41)26(31(3,4)5)35-30(42)33-16-24(37)43-19(2)21-12-7-6-8-13-21/h6-8,12-13,18-20,22-23,26H,9-11,14-17H2,1-5H3,(H2,32,39)(H,34,40)(H2,33,35,42)/t18-,19?,22?,23?,26?/m1/s1. The fourth-order valence-corrected chi connectivity index (χ4v) is 5.45. The predicted octanol–water partition coefficient (Wildman–Crippen LogP) is 1.97. The summed E-state index contributed by atoms with van der Waals surface area (Å²) in [4.78, 5) is 78.0. The van der Waals surface area contributed by atoms with Gasteiger partial charge in [-0.1, -0.05) is 77.3 Å². The molecule has 43 heavy (non-hydrogen) atoms. The second-order valence-corrected chi connectivity index (χ2v) is 12.8. The quantitative estimate of drug-likeness (QED) is 0.210. The lowest BCUT2D eigenvalue weighted by molar-refractivity contribution is -0.147. The molecule has 1 aromatic carbocycles. The van der Waals surface area contributed by atoms with Gasteiger partial charge in [-0.15, -0.1) is 0 Å². The van der Waals surface area contributed by atoms with Gasteiger partial charge in [-0.2, -0.15) is 0 Å². The maximum absolute atomic E-state index is 13.9. The van der Waals surface area contributed by atoms with Gasteiger partial charge in [-0.25, -0.2) is 4.79 Å². The molecule has 4 unspecified atom stereocenters. The normalized spacial score (nSPS) is 20.6. The number of nitrogens with two attached hydrogens (primary N) is 1. The van der Waals surface area contributed by atoms with Gasteiger partial charge in [0.15, 0.2) is 0 Å². The molecule has 5 N–H and O–H groups in total. The molecule has 5 amide bonds. The predicted molar refractivity (Wildman–Crippen MR) is 158 cm³/mol. The number of benzene rings is 1. The van der Waals surface area contributed by atoms with Crippen molar-refractivity contribution in [3.05, 3.63) is 35.9 Å². The number of primary amides is 1. The topological polar surface area (TPSA) is 177 Å². The molecule has 12 nitrogen and oxygen atoms in total. The van der Waals surface area contributed by atoms with Crippen LogP contribution >= 0.6 is 0 Å². The summed E-state index contributed by atoms with van der Waals surface area (Å²) in [6.07, 6.45) is 3.02. The number of hydrogen-bond acceptors (Lipinski definition) is 7. The Labute approximate surface area is 252 Å². The third kappa shape index (κ3) is 9.26. The van der Waals surface area contributed by atoms with Crippen molar-refractivity contribution in [2.45, 2.75) is 91.0 Å². The third-order valence-corrected chi connectivity index (χ3v) is 8.12. The molecule has 1 aliphatic heterocycles. The molecule has 2 fully saturated rings. The van der Waals surface area contributed by atoms with Crippen molar-refractivity contribution in [3.63, 3.8) is 0 Å². The molecule has 1 heterocycles. The van der Waals surface area contributed by atoms with E-state index in [9.17, 15) is 28.8 Å². The molecule has 3 rings (SSSR count). The minimum Gasteiger partial charge on any atom is -0.456 e. The monoisotopic (exact) mass is 599 g/mol. The first-order chi connectivity index (χ1) is 20.2. The van der Waals surface area contributed by atoms with E-state index in [0.717, 1.165) is 24.8 Å². The van der Waals surface area contributed by atoms with Gasteiger partial charge >= 0.3 is 12.0 Å². The Morgan fingerprint density at radius 1 is 1.05 bits per heavy atom. The van der Waals surface area contributed by atoms with Crippen LogP contribution in [0.1, 0.15) is 78.4 Å². The van der Waals surface area contributed by atoms with Crippen LogP contribution in [-0.4, -0.2) is 71.6 Å². The Bertz CT molecular complexity index is 1190. The zero-order valence-corrected chi connectivity index (χ0v) is 25.7. The number of ketones is 1. The molecule has 5 atom stereocenters. The summed E-state index contributed by atoms with van der Waals surface area (Å²) < 4.78 is 5.38. The molecule has 1 aliphatic carbocycles. The number of carbonyl (C=O) groups is 6. The van der Waals surface area contributed by atoms with Crippen molar-refractivity contribution < 1.29 is 33.5 Å². The highest BCUT2D eigenvalue weighted by atomic mass is 16.5. The average molecular weight is 600 g/mol. The van der Waals surface area contributed by atoms with Gasteiger partial charge in [0.25, 0.3) is 5.91 Å². The number of ether oxygens (including phenoxy) is 1. The van der Waals surface area contributed by atoms with Crippen LogP contribution in [-0.2, 0) is 28.7 Å². The summed E-state index contributed by atoms with van der Waals surface area (Å²) in [5.74, 6) is -3.41. The van der Waals surface area contributed by atoms with Crippen molar-refractivity contribution in [2.24, 2.45) is 23.0 Å². The van der Waals surface area contributed by atoms with E-state index in [1.54, 1.807) is 27.7 Å². The lowest BCUT2D eigenvalue weighted by atomic mass is 9.80. The molecule has 1 saturated heterocycles. The van der Waals surface area contributed by atoms with E-state index in [4.69, 9.17) is 10.5 Å². The van der Waals surface area contributed by atoms with E-state index in [1.165, 1.54) is 4.90 Å². The average Bonchev–Trinajstić information content (AvgIpc) is 3.32. The Morgan fingerprint density at radius 3 is 2.26 bits per heavy atom. The molecule has 0 bridgehead atoms. The molecule has 236 valence electrons. The first-order valence-electron chi connectivity index (χ1n) is 14.9. The largest absolute Gasteiger partial charge is 0.456 e. The Hall–Kier alpha value is -3.96. The molecular weight excluding hydrogens is 554 g/mol.